The Labute approximate surface area is 221 Å². The van der Waals surface area contributed by atoms with Gasteiger partial charge in [0, 0.05) is 22.9 Å². The third-order valence-electron chi connectivity index (χ3n) is 9.68. The zero-order valence-electron chi connectivity index (χ0n) is 21.2. The lowest BCUT2D eigenvalue weighted by atomic mass is 9.64. The maximum absolute atomic E-state index is 12.6. The average Bonchev–Trinajstić information content (AvgIpc) is 3.23. The van der Waals surface area contributed by atoms with Crippen LogP contribution in [0.3, 0.4) is 0 Å². The molecule has 7 unspecified atom stereocenters. The number of likely N-dealkylation sites (N-methyl/N-ethyl adjacent to an activating group) is 1. The topological polar surface area (TPSA) is 68.0 Å². The van der Waals surface area contributed by atoms with Gasteiger partial charge in [-0.1, -0.05) is 72.8 Å². The third-order valence-corrected chi connectivity index (χ3v) is 9.68. The summed E-state index contributed by atoms with van der Waals surface area (Å²) in [4.78, 5) is 15.1. The molecule has 5 aliphatic rings. The molecule has 38 heavy (non-hydrogen) atoms. The van der Waals surface area contributed by atoms with Crippen LogP contribution in [-0.2, 0) is 22.1 Å². The van der Waals surface area contributed by atoms with Crippen molar-refractivity contribution in [1.82, 2.24) is 4.90 Å². The lowest BCUT2D eigenvalue weighted by Gasteiger charge is -2.40. The van der Waals surface area contributed by atoms with Crippen molar-refractivity contribution in [3.63, 3.8) is 0 Å². The summed E-state index contributed by atoms with van der Waals surface area (Å²) in [7, 11) is 2.18. The van der Waals surface area contributed by atoms with Crippen molar-refractivity contribution in [2.75, 3.05) is 13.7 Å². The predicted molar refractivity (Wildman–Crippen MR) is 141 cm³/mol. The Bertz CT molecular complexity index is 1480. The van der Waals surface area contributed by atoms with Crippen LogP contribution in [0.25, 0.3) is 11.1 Å². The predicted octanol–water partition coefficient (Wildman–Crippen LogP) is 4.97. The molecule has 7 atom stereocenters. The molecule has 0 aromatic heterocycles. The third kappa shape index (κ3) is 2.77. The maximum atomic E-state index is 12.6. The molecule has 1 N–H and O–H groups in total. The van der Waals surface area contributed by atoms with Crippen LogP contribution in [0.15, 0.2) is 78.9 Å². The Morgan fingerprint density at radius 3 is 2.66 bits per heavy atom. The zero-order valence-corrected chi connectivity index (χ0v) is 21.2. The Morgan fingerprint density at radius 2 is 1.84 bits per heavy atom. The lowest BCUT2D eigenvalue weighted by Crippen LogP contribution is -2.51. The van der Waals surface area contributed by atoms with Crippen LogP contribution < -0.4 is 9.47 Å². The van der Waals surface area contributed by atoms with E-state index < -0.39 is 12.3 Å². The average molecular weight is 508 g/mol. The molecule has 192 valence electrons. The quantitative estimate of drug-likeness (QED) is 0.167. The second kappa shape index (κ2) is 7.71. The van der Waals surface area contributed by atoms with Gasteiger partial charge in [0.05, 0.1) is 12.1 Å². The molecule has 2 bridgehead atoms. The second-order valence-electron chi connectivity index (χ2n) is 11.3. The van der Waals surface area contributed by atoms with Gasteiger partial charge in [-0.25, -0.2) is 4.79 Å². The van der Waals surface area contributed by atoms with Gasteiger partial charge in [0.25, 0.3) is 0 Å². The molecule has 2 aliphatic heterocycles. The summed E-state index contributed by atoms with van der Waals surface area (Å²) < 4.78 is 17.4. The van der Waals surface area contributed by atoms with Crippen LogP contribution in [0.4, 0.5) is 4.79 Å². The minimum atomic E-state index is -0.727. The minimum absolute atomic E-state index is 0.0174. The molecule has 2 spiro atoms. The summed E-state index contributed by atoms with van der Waals surface area (Å²) in [5, 5.41) is 10.8. The van der Waals surface area contributed by atoms with Crippen molar-refractivity contribution in [3.05, 3.63) is 95.6 Å². The smallest absolute Gasteiger partial charge is 0.482 e. The highest BCUT2D eigenvalue weighted by atomic mass is 16.7. The van der Waals surface area contributed by atoms with Crippen molar-refractivity contribution in [2.45, 2.75) is 48.5 Å². The van der Waals surface area contributed by atoms with Crippen molar-refractivity contribution < 1.29 is 24.1 Å². The van der Waals surface area contributed by atoms with Gasteiger partial charge in [-0.15, -0.1) is 0 Å². The summed E-state index contributed by atoms with van der Waals surface area (Å²) >= 11 is 0. The molecular formula is C32H29NO5. The summed E-state index contributed by atoms with van der Waals surface area (Å²) in [6, 6.07) is 23.1. The van der Waals surface area contributed by atoms with E-state index in [2.05, 4.69) is 60.5 Å². The van der Waals surface area contributed by atoms with E-state index in [0.29, 0.717) is 29.9 Å². The number of hydrogen-bond acceptors (Lipinski definition) is 6. The first-order valence-electron chi connectivity index (χ1n) is 13.5. The number of aliphatic hydroxyl groups is 1. The summed E-state index contributed by atoms with van der Waals surface area (Å²) in [5.74, 6) is 1.29. The van der Waals surface area contributed by atoms with E-state index in [1.54, 1.807) is 0 Å². The maximum Gasteiger partial charge on any atom is 0.513 e. The van der Waals surface area contributed by atoms with Crippen LogP contribution in [-0.4, -0.2) is 48.1 Å². The zero-order chi connectivity index (χ0) is 25.6. The number of benzene rings is 3. The van der Waals surface area contributed by atoms with E-state index in [9.17, 15) is 9.90 Å². The van der Waals surface area contributed by atoms with Crippen molar-refractivity contribution in [3.8, 4) is 22.6 Å². The van der Waals surface area contributed by atoms with Crippen molar-refractivity contribution in [2.24, 2.45) is 5.92 Å². The highest BCUT2D eigenvalue weighted by Gasteiger charge is 2.84. The monoisotopic (exact) mass is 507 g/mol. The normalized spacial score (nSPS) is 33.9. The van der Waals surface area contributed by atoms with Gasteiger partial charge in [-0.05, 0) is 54.6 Å². The number of hydrogen-bond donors (Lipinski definition) is 1. The van der Waals surface area contributed by atoms with Crippen LogP contribution in [0.5, 0.6) is 11.5 Å². The van der Waals surface area contributed by atoms with Gasteiger partial charge in [0.1, 0.15) is 12.2 Å². The molecule has 3 aromatic rings. The number of aliphatic hydroxyl groups excluding tert-OH is 1. The molecule has 1 saturated carbocycles. The van der Waals surface area contributed by atoms with Crippen LogP contribution >= 0.6 is 0 Å². The van der Waals surface area contributed by atoms with E-state index >= 15 is 0 Å². The van der Waals surface area contributed by atoms with Crippen molar-refractivity contribution in [1.29, 1.82) is 0 Å². The highest BCUT2D eigenvalue weighted by molar-refractivity contribution is 5.73. The number of likely N-dealkylation sites (tertiary alicyclic amines) is 1. The molecule has 2 heterocycles. The molecule has 0 radical (unpaired) electrons. The molecule has 3 aromatic carbocycles. The van der Waals surface area contributed by atoms with Gasteiger partial charge in [-0.2, -0.15) is 0 Å². The van der Waals surface area contributed by atoms with Crippen molar-refractivity contribution >= 4 is 6.16 Å². The van der Waals surface area contributed by atoms with Crippen LogP contribution in [0, 0.1) is 5.92 Å². The number of aryl methyl sites for hydroxylation is 1. The number of ether oxygens (including phenoxy) is 3. The largest absolute Gasteiger partial charge is 0.513 e. The van der Waals surface area contributed by atoms with E-state index in [1.165, 1.54) is 22.3 Å². The Kier molecular flexibility index (Phi) is 4.54. The minimum Gasteiger partial charge on any atom is -0.482 e. The van der Waals surface area contributed by atoms with Gasteiger partial charge < -0.3 is 19.3 Å². The Hall–Kier alpha value is -3.61. The SMILES string of the molecule is CN1C2C3C=CC(O)C4Oc5c(OC(=O)OCCCc6ccc(-c7ccccc7)cc6)ccc6c5C34CC621. The van der Waals surface area contributed by atoms with Gasteiger partial charge in [-0.3, -0.25) is 4.90 Å². The fraction of sp³-hybridized carbons (Fsp3) is 0.344. The van der Waals surface area contributed by atoms with Crippen LogP contribution in [0.2, 0.25) is 0 Å². The molecule has 6 nitrogen and oxygen atoms in total. The molecule has 3 aliphatic carbocycles. The van der Waals surface area contributed by atoms with Gasteiger partial charge in [0.15, 0.2) is 11.5 Å². The highest BCUT2D eigenvalue weighted by Crippen LogP contribution is 2.80. The first kappa shape index (κ1) is 22.4. The molecule has 0 amide bonds. The summed E-state index contributed by atoms with van der Waals surface area (Å²) in [6.07, 6.45) is 4.76. The lowest BCUT2D eigenvalue weighted by molar-refractivity contribution is 0.00579. The van der Waals surface area contributed by atoms with E-state index in [0.717, 1.165) is 18.4 Å². The fourth-order valence-electron chi connectivity index (χ4n) is 8.09. The number of nitrogens with zero attached hydrogens (tertiary/aromatic N) is 1. The first-order valence-corrected chi connectivity index (χ1v) is 13.5. The number of rotatable bonds is 6. The summed E-state index contributed by atoms with van der Waals surface area (Å²) in [5.41, 5.74) is 5.74. The number of piperidine rings is 1. The van der Waals surface area contributed by atoms with E-state index in [4.69, 9.17) is 14.2 Å². The second-order valence-corrected chi connectivity index (χ2v) is 11.3. The molecule has 1 saturated heterocycles. The molecule has 6 heteroatoms. The number of fused-ring (bicyclic) bond motifs is 1. The fourth-order valence-corrected chi connectivity index (χ4v) is 8.09. The molecule has 2 fully saturated rings. The van der Waals surface area contributed by atoms with Gasteiger partial charge in [0.2, 0.25) is 0 Å². The summed E-state index contributed by atoms with van der Waals surface area (Å²) in [6.45, 7) is 0.271. The van der Waals surface area contributed by atoms with Gasteiger partial charge >= 0.3 is 6.16 Å². The van der Waals surface area contributed by atoms with E-state index in [-0.39, 0.29) is 23.7 Å². The molecular weight excluding hydrogens is 478 g/mol. The standard InChI is InChI=1S/C32H29NO5/c1-33-28-23-13-15-24(34)29-31(23)18-32(28,33)22-14-16-25(27(38-29)26(22)31)37-30(35)36-17-5-6-19-9-11-21(12-10-19)20-7-3-2-4-8-20/h2-4,7-16,23-24,28-29,34H,5-6,17-18H2,1H3. The number of carbonyl (C=O) groups excluding carboxylic acids is 1. The van der Waals surface area contributed by atoms with E-state index in [1.807, 2.05) is 30.3 Å². The Balaban J connectivity index is 0.932. The number of carbonyl (C=O) groups is 1. The molecule has 8 rings (SSSR count). The Morgan fingerprint density at radius 1 is 1.05 bits per heavy atom. The first-order chi connectivity index (χ1) is 18.5. The van der Waals surface area contributed by atoms with Crippen LogP contribution in [0.1, 0.15) is 29.5 Å².